The third-order valence-electron chi connectivity index (χ3n) is 10.0. The van der Waals surface area contributed by atoms with Gasteiger partial charge in [0.1, 0.15) is 23.7 Å². The molecule has 2 aromatic heterocycles. The van der Waals surface area contributed by atoms with Gasteiger partial charge in [-0.25, -0.2) is 19.0 Å². The second-order valence-corrected chi connectivity index (χ2v) is 15.8. The number of amides is 5. The third-order valence-corrected chi connectivity index (χ3v) is 10.2. The zero-order chi connectivity index (χ0) is 42.9. The molecule has 2 aliphatic heterocycles. The van der Waals surface area contributed by atoms with Crippen molar-refractivity contribution in [1.29, 1.82) is 0 Å². The van der Waals surface area contributed by atoms with Gasteiger partial charge >= 0.3 is 29.9 Å². The number of carbonyl (C=O) groups is 6. The number of hydrogen-bond donors (Lipinski definition) is 4. The topological polar surface area (TPSA) is 234 Å². The SMILES string of the molecule is CC(C)(C)OC(=O)n1c(C(=O)O)cc2cc(NC(=O)C(Cc3ccc(NC(=O)N4CCC(O)CC4)cc3)N3CCN(c4cc(Cl)ccc4-n4cnnn4)C(=O)C3=O)ccc21. The zero-order valence-corrected chi connectivity index (χ0v) is 33.5. The van der Waals surface area contributed by atoms with E-state index in [1.807, 2.05) is 0 Å². The van der Waals surface area contributed by atoms with Crippen LogP contribution < -0.4 is 15.5 Å². The van der Waals surface area contributed by atoms with Gasteiger partial charge in [0.25, 0.3) is 0 Å². The maximum absolute atomic E-state index is 14.3. The zero-order valence-electron chi connectivity index (χ0n) is 32.7. The highest BCUT2D eigenvalue weighted by Gasteiger charge is 2.41. The predicted molar refractivity (Wildman–Crippen MR) is 217 cm³/mol. The number of carboxylic acid groups (broad SMARTS) is 1. The second kappa shape index (κ2) is 16.8. The van der Waals surface area contributed by atoms with Crippen LogP contribution in [-0.4, -0.2) is 125 Å². The third kappa shape index (κ3) is 8.91. The highest BCUT2D eigenvalue weighted by Crippen LogP contribution is 2.31. The number of piperazine rings is 1. The Bertz CT molecular complexity index is 2480. The average Bonchev–Trinajstić information content (AvgIpc) is 3.87. The van der Waals surface area contributed by atoms with Gasteiger partial charge in [0.05, 0.1) is 23.0 Å². The van der Waals surface area contributed by atoms with Crippen LogP contribution in [0.4, 0.5) is 26.7 Å². The van der Waals surface area contributed by atoms with Crippen LogP contribution in [-0.2, 0) is 25.5 Å². The number of ether oxygens (including phenoxy) is 1. The van der Waals surface area contributed by atoms with Crippen LogP contribution in [0.15, 0.2) is 73.1 Å². The van der Waals surface area contributed by atoms with Gasteiger partial charge in [-0.05, 0) is 104 Å². The van der Waals surface area contributed by atoms with E-state index >= 15 is 0 Å². The van der Waals surface area contributed by atoms with Crippen molar-refractivity contribution in [3.63, 3.8) is 0 Å². The lowest BCUT2D eigenvalue weighted by Crippen LogP contribution is -2.60. The second-order valence-electron chi connectivity index (χ2n) is 15.3. The number of tetrazole rings is 1. The number of fused-ring (bicyclic) bond motifs is 1. The number of nitrogens with zero attached hydrogens (tertiary/aromatic N) is 8. The van der Waals surface area contributed by atoms with Gasteiger partial charge in [-0.1, -0.05) is 23.7 Å². The van der Waals surface area contributed by atoms with E-state index in [-0.39, 0.29) is 48.1 Å². The first-order valence-electron chi connectivity index (χ1n) is 19.0. The molecule has 19 nitrogen and oxygen atoms in total. The first-order valence-corrected chi connectivity index (χ1v) is 19.4. The number of aromatic carboxylic acids is 1. The quantitative estimate of drug-likeness (QED) is 0.153. The summed E-state index contributed by atoms with van der Waals surface area (Å²) >= 11 is 6.32. The van der Waals surface area contributed by atoms with Crippen molar-refractivity contribution in [2.75, 3.05) is 41.7 Å². The van der Waals surface area contributed by atoms with Crippen molar-refractivity contribution < 1.29 is 43.7 Å². The molecule has 4 heterocycles. The molecule has 0 saturated carbocycles. The minimum absolute atomic E-state index is 0.0234. The monoisotopic (exact) mass is 840 g/mol. The van der Waals surface area contributed by atoms with Gasteiger partial charge in [-0.15, -0.1) is 5.10 Å². The molecule has 7 rings (SSSR count). The summed E-state index contributed by atoms with van der Waals surface area (Å²) in [5.41, 5.74) is 0.947. The molecule has 3 aromatic carbocycles. The number of urea groups is 1. The van der Waals surface area contributed by atoms with E-state index < -0.39 is 47.5 Å². The van der Waals surface area contributed by atoms with Gasteiger partial charge in [-0.2, -0.15) is 4.68 Å². The number of carboxylic acids is 1. The Hall–Kier alpha value is -6.86. The fourth-order valence-electron chi connectivity index (χ4n) is 7.10. The number of hydrogen-bond acceptors (Lipinski definition) is 11. The molecule has 5 amide bonds. The van der Waals surface area contributed by atoms with Crippen LogP contribution in [0, 0.1) is 0 Å². The number of piperidine rings is 1. The number of carbonyl (C=O) groups excluding carboxylic acids is 5. The van der Waals surface area contributed by atoms with Gasteiger partial charge in [0.2, 0.25) is 5.91 Å². The average molecular weight is 841 g/mol. The molecular weight excluding hydrogens is 800 g/mol. The Morgan fingerprint density at radius 3 is 2.27 bits per heavy atom. The lowest BCUT2D eigenvalue weighted by Gasteiger charge is -2.38. The number of aliphatic hydroxyl groups excluding tert-OH is 1. The number of rotatable bonds is 9. The molecule has 1 unspecified atom stereocenters. The summed E-state index contributed by atoms with van der Waals surface area (Å²) < 4.78 is 7.71. The molecule has 312 valence electrons. The van der Waals surface area contributed by atoms with Crippen LogP contribution in [0.1, 0.15) is 49.7 Å². The lowest BCUT2D eigenvalue weighted by atomic mass is 10.0. The summed E-state index contributed by atoms with van der Waals surface area (Å²) in [6.07, 6.45) is 0.929. The van der Waals surface area contributed by atoms with Gasteiger partial charge in [-0.3, -0.25) is 14.4 Å². The van der Waals surface area contributed by atoms with Crippen LogP contribution >= 0.6 is 11.6 Å². The molecule has 1 atom stereocenters. The van der Waals surface area contributed by atoms with Crippen molar-refractivity contribution in [2.24, 2.45) is 0 Å². The van der Waals surface area contributed by atoms with Gasteiger partial charge in [0.15, 0.2) is 0 Å². The van der Waals surface area contributed by atoms with E-state index in [4.69, 9.17) is 16.3 Å². The number of aliphatic hydroxyl groups is 1. The maximum Gasteiger partial charge on any atom is 0.419 e. The highest BCUT2D eigenvalue weighted by atomic mass is 35.5. The highest BCUT2D eigenvalue weighted by molar-refractivity contribution is 6.41. The number of nitrogens with one attached hydrogen (secondary N) is 2. The van der Waals surface area contributed by atoms with E-state index in [2.05, 4.69) is 26.2 Å². The molecule has 20 heteroatoms. The fourth-order valence-corrected chi connectivity index (χ4v) is 7.26. The largest absolute Gasteiger partial charge is 0.477 e. The van der Waals surface area contributed by atoms with E-state index in [1.54, 1.807) is 62.1 Å². The summed E-state index contributed by atoms with van der Waals surface area (Å²) in [7, 11) is 0. The van der Waals surface area contributed by atoms with Crippen LogP contribution in [0.3, 0.4) is 0 Å². The van der Waals surface area contributed by atoms with E-state index in [9.17, 15) is 39.0 Å². The Balaban J connectivity index is 1.16. The number of likely N-dealkylation sites (tertiary alicyclic amines) is 1. The molecule has 5 aromatic rings. The smallest absolute Gasteiger partial charge is 0.419 e. The van der Waals surface area contributed by atoms with Crippen LogP contribution in [0.25, 0.3) is 16.6 Å². The Kier molecular flexibility index (Phi) is 11.6. The van der Waals surface area contributed by atoms with E-state index in [0.29, 0.717) is 53.3 Å². The normalized spacial score (nSPS) is 15.6. The minimum atomic E-state index is -1.37. The molecule has 2 fully saturated rings. The Morgan fingerprint density at radius 2 is 1.60 bits per heavy atom. The van der Waals surface area contributed by atoms with Crippen molar-refractivity contribution in [3.05, 3.63) is 89.3 Å². The van der Waals surface area contributed by atoms with Crippen molar-refractivity contribution >= 4 is 75.4 Å². The van der Waals surface area contributed by atoms with E-state index in [0.717, 1.165) is 4.57 Å². The van der Waals surface area contributed by atoms with Gasteiger partial charge < -0.3 is 40.3 Å². The number of halogens is 1. The molecule has 2 aliphatic rings. The molecule has 0 spiro atoms. The first-order chi connectivity index (χ1) is 28.6. The van der Waals surface area contributed by atoms with Crippen LogP contribution in [0.2, 0.25) is 5.02 Å². The summed E-state index contributed by atoms with van der Waals surface area (Å²) in [4.78, 5) is 84.5. The number of aromatic nitrogens is 5. The molecular formula is C40H41ClN10O9. The van der Waals surface area contributed by atoms with Crippen molar-refractivity contribution in [1.82, 2.24) is 34.6 Å². The minimum Gasteiger partial charge on any atom is -0.477 e. The molecule has 60 heavy (non-hydrogen) atoms. The summed E-state index contributed by atoms with van der Waals surface area (Å²) in [5.74, 6) is -3.92. The molecule has 0 aliphatic carbocycles. The maximum atomic E-state index is 14.3. The predicted octanol–water partition coefficient (Wildman–Crippen LogP) is 4.17. The standard InChI is InChI=1S/C40H41ClN10O9/c1-40(2,3)60-39(59)51-29-11-9-27(19-24(29)20-33(51)37(56)57)43-34(53)32(18-23-4-7-26(8-5-23)44-38(58)47-14-12-28(52)13-15-47)49-17-16-48(35(54)36(49)55)31-21-25(41)6-10-30(31)50-22-42-45-46-50/h4-11,19-22,28,32,52H,12-18H2,1-3H3,(H,43,53)(H,44,58)(H,56,57). The molecule has 0 radical (unpaired) electrons. The number of benzene rings is 3. The summed E-state index contributed by atoms with van der Waals surface area (Å²) in [6.45, 7) is 5.71. The van der Waals surface area contributed by atoms with Crippen molar-refractivity contribution in [2.45, 2.75) is 57.8 Å². The molecule has 4 N–H and O–H groups in total. The van der Waals surface area contributed by atoms with E-state index in [1.165, 1.54) is 51.1 Å². The van der Waals surface area contributed by atoms with Gasteiger partial charge in [0, 0.05) is 54.4 Å². The summed E-state index contributed by atoms with van der Waals surface area (Å²) in [6, 6.07) is 15.6. The number of anilines is 3. The fraction of sp³-hybridized carbons (Fsp3) is 0.325. The van der Waals surface area contributed by atoms with Crippen LogP contribution in [0.5, 0.6) is 0 Å². The Labute approximate surface area is 347 Å². The summed E-state index contributed by atoms with van der Waals surface area (Å²) in [5, 5.41) is 37.2. The Morgan fingerprint density at radius 1 is 0.883 bits per heavy atom. The van der Waals surface area contributed by atoms with Crippen molar-refractivity contribution in [3.8, 4) is 5.69 Å². The first kappa shape index (κ1) is 41.3. The lowest BCUT2D eigenvalue weighted by molar-refractivity contribution is -0.149. The molecule has 2 saturated heterocycles. The molecule has 0 bridgehead atoms.